The summed E-state index contributed by atoms with van der Waals surface area (Å²) in [4.78, 5) is 20.9. The van der Waals surface area contributed by atoms with E-state index in [4.69, 9.17) is 9.84 Å². The van der Waals surface area contributed by atoms with Gasteiger partial charge >= 0.3 is 11.9 Å². The minimum Gasteiger partial charge on any atom is -0.480 e. The number of hydrogen-bond acceptors (Lipinski definition) is 3. The van der Waals surface area contributed by atoms with Gasteiger partial charge in [0.05, 0.1) is 12.5 Å². The zero-order chi connectivity index (χ0) is 10.4. The molecule has 0 rings (SSSR count). The average Bonchev–Trinajstić information content (AvgIpc) is 2.05. The molecule has 0 bridgehead atoms. The molecule has 13 heavy (non-hydrogen) atoms. The van der Waals surface area contributed by atoms with Gasteiger partial charge in [-0.05, 0) is 13.3 Å². The number of rotatable bonds is 5. The molecule has 2 atom stereocenters. The highest BCUT2D eigenvalue weighted by Crippen LogP contribution is 2.18. The Kier molecular flexibility index (Phi) is 5.70. The smallest absolute Gasteiger partial charge is 0.318 e. The molecule has 0 spiro atoms. The molecule has 0 radical (unpaired) electrons. The third-order valence-corrected chi connectivity index (χ3v) is 2.65. The van der Waals surface area contributed by atoms with Gasteiger partial charge in [0.15, 0.2) is 0 Å². The second-order valence-corrected chi connectivity index (χ2v) is 3.49. The summed E-state index contributed by atoms with van der Waals surface area (Å²) >= 11 is 2.94. The van der Waals surface area contributed by atoms with E-state index < -0.39 is 22.7 Å². The van der Waals surface area contributed by atoms with E-state index in [0.29, 0.717) is 6.42 Å². The normalized spacial score (nSPS) is 14.7. The molecular weight excluding hydrogens is 240 g/mol. The Labute approximate surface area is 85.4 Å². The zero-order valence-corrected chi connectivity index (χ0v) is 9.20. The first kappa shape index (κ1) is 12.4. The topological polar surface area (TPSA) is 63.6 Å². The number of carboxylic acid groups (broad SMARTS) is 1. The van der Waals surface area contributed by atoms with E-state index in [-0.39, 0.29) is 6.61 Å². The lowest BCUT2D eigenvalue weighted by atomic mass is 10.0. The fourth-order valence-electron chi connectivity index (χ4n) is 0.914. The van der Waals surface area contributed by atoms with Crippen molar-refractivity contribution in [3.05, 3.63) is 0 Å². The van der Waals surface area contributed by atoms with Gasteiger partial charge in [-0.1, -0.05) is 22.9 Å². The molecule has 0 amide bonds. The van der Waals surface area contributed by atoms with E-state index in [2.05, 4.69) is 15.9 Å². The van der Waals surface area contributed by atoms with E-state index >= 15 is 0 Å². The zero-order valence-electron chi connectivity index (χ0n) is 7.62. The second-order valence-electron chi connectivity index (χ2n) is 2.51. The summed E-state index contributed by atoms with van der Waals surface area (Å²) in [6, 6.07) is 0. The molecule has 0 fully saturated rings. The maximum absolute atomic E-state index is 11.2. The van der Waals surface area contributed by atoms with Crippen LogP contribution in [0.5, 0.6) is 0 Å². The molecule has 1 N–H and O–H groups in total. The molecule has 76 valence electrons. The van der Waals surface area contributed by atoms with E-state index in [1.54, 1.807) is 13.8 Å². The molecule has 5 heteroatoms. The first-order chi connectivity index (χ1) is 6.04. The SMILES string of the molecule is CCOC(=O)[C@H](CC)[C@H](Br)C(=O)O. The summed E-state index contributed by atoms with van der Waals surface area (Å²) in [7, 11) is 0. The molecule has 0 heterocycles. The molecule has 0 aliphatic carbocycles. The van der Waals surface area contributed by atoms with Crippen molar-refractivity contribution >= 4 is 27.9 Å². The highest BCUT2D eigenvalue weighted by Gasteiger charge is 2.30. The summed E-state index contributed by atoms with van der Waals surface area (Å²) in [6.45, 7) is 3.71. The molecule has 0 aromatic carbocycles. The Balaban J connectivity index is 4.31. The fraction of sp³-hybridized carbons (Fsp3) is 0.750. The lowest BCUT2D eigenvalue weighted by Crippen LogP contribution is -2.31. The summed E-state index contributed by atoms with van der Waals surface area (Å²) in [5, 5.41) is 8.65. The molecule has 0 saturated heterocycles. The van der Waals surface area contributed by atoms with Crippen LogP contribution in [0.1, 0.15) is 20.3 Å². The van der Waals surface area contributed by atoms with Crippen LogP contribution in [0, 0.1) is 5.92 Å². The van der Waals surface area contributed by atoms with Gasteiger partial charge < -0.3 is 9.84 Å². The van der Waals surface area contributed by atoms with E-state index in [1.165, 1.54) is 0 Å². The van der Waals surface area contributed by atoms with Gasteiger partial charge in [0.25, 0.3) is 0 Å². The number of halogens is 1. The van der Waals surface area contributed by atoms with Crippen LogP contribution in [0.2, 0.25) is 0 Å². The molecule has 0 unspecified atom stereocenters. The maximum atomic E-state index is 11.2. The number of carbonyl (C=O) groups is 2. The van der Waals surface area contributed by atoms with E-state index in [9.17, 15) is 9.59 Å². The predicted octanol–water partition coefficient (Wildman–Crippen LogP) is 1.42. The number of ether oxygens (including phenoxy) is 1. The fourth-order valence-corrected chi connectivity index (χ4v) is 1.50. The van der Waals surface area contributed by atoms with Gasteiger partial charge in [-0.2, -0.15) is 0 Å². The van der Waals surface area contributed by atoms with Crippen molar-refractivity contribution in [2.45, 2.75) is 25.1 Å². The second kappa shape index (κ2) is 5.96. The maximum Gasteiger partial charge on any atom is 0.318 e. The summed E-state index contributed by atoms with van der Waals surface area (Å²) in [6.07, 6.45) is 0.445. The van der Waals surface area contributed by atoms with Crippen molar-refractivity contribution in [3.63, 3.8) is 0 Å². The van der Waals surface area contributed by atoms with Crippen LogP contribution in [0.25, 0.3) is 0 Å². The third-order valence-electron chi connectivity index (χ3n) is 1.62. The number of aliphatic carboxylic acids is 1. The first-order valence-corrected chi connectivity index (χ1v) is 4.99. The molecular formula is C8H13BrO4. The Morgan fingerprint density at radius 3 is 2.31 bits per heavy atom. The Morgan fingerprint density at radius 1 is 1.46 bits per heavy atom. The summed E-state index contributed by atoms with van der Waals surface area (Å²) in [5.74, 6) is -2.12. The Morgan fingerprint density at radius 2 is 2.00 bits per heavy atom. The summed E-state index contributed by atoms with van der Waals surface area (Å²) in [5.41, 5.74) is 0. The molecule has 0 aliphatic heterocycles. The quantitative estimate of drug-likeness (QED) is 0.594. The minimum atomic E-state index is -1.04. The van der Waals surface area contributed by atoms with Crippen LogP contribution < -0.4 is 0 Å². The van der Waals surface area contributed by atoms with Crippen LogP contribution in [-0.4, -0.2) is 28.5 Å². The van der Waals surface area contributed by atoms with Gasteiger partial charge in [-0.25, -0.2) is 0 Å². The van der Waals surface area contributed by atoms with Crippen molar-refractivity contribution in [3.8, 4) is 0 Å². The van der Waals surface area contributed by atoms with Crippen molar-refractivity contribution in [2.75, 3.05) is 6.61 Å². The largest absolute Gasteiger partial charge is 0.480 e. The van der Waals surface area contributed by atoms with E-state index in [0.717, 1.165) is 0 Å². The van der Waals surface area contributed by atoms with Gasteiger partial charge in [0, 0.05) is 0 Å². The minimum absolute atomic E-state index is 0.272. The standard InChI is InChI=1S/C8H13BrO4/c1-3-5(6(9)7(10)11)8(12)13-4-2/h5-6H,3-4H2,1-2H3,(H,10,11)/t5-,6+/m1/s1. The molecule has 0 saturated carbocycles. The van der Waals surface area contributed by atoms with E-state index in [1.807, 2.05) is 0 Å². The lowest BCUT2D eigenvalue weighted by molar-refractivity contribution is -0.152. The van der Waals surface area contributed by atoms with Gasteiger partial charge in [0.1, 0.15) is 4.83 Å². The average molecular weight is 253 g/mol. The number of esters is 1. The van der Waals surface area contributed by atoms with Crippen LogP contribution in [0.15, 0.2) is 0 Å². The van der Waals surface area contributed by atoms with Crippen LogP contribution in [0.3, 0.4) is 0 Å². The van der Waals surface area contributed by atoms with Crippen LogP contribution in [0.4, 0.5) is 0 Å². The third kappa shape index (κ3) is 3.76. The van der Waals surface area contributed by atoms with Crippen LogP contribution in [-0.2, 0) is 14.3 Å². The van der Waals surface area contributed by atoms with Crippen molar-refractivity contribution in [1.29, 1.82) is 0 Å². The number of carboxylic acids is 1. The highest BCUT2D eigenvalue weighted by molar-refractivity contribution is 9.10. The Hall–Kier alpha value is -0.580. The van der Waals surface area contributed by atoms with Gasteiger partial charge in [0.2, 0.25) is 0 Å². The van der Waals surface area contributed by atoms with Gasteiger partial charge in [-0.15, -0.1) is 0 Å². The lowest BCUT2D eigenvalue weighted by Gasteiger charge is -2.15. The van der Waals surface area contributed by atoms with Crippen molar-refractivity contribution < 1.29 is 19.4 Å². The van der Waals surface area contributed by atoms with Crippen molar-refractivity contribution in [2.24, 2.45) is 5.92 Å². The van der Waals surface area contributed by atoms with Crippen LogP contribution >= 0.6 is 15.9 Å². The molecule has 4 nitrogen and oxygen atoms in total. The number of alkyl halides is 1. The Bertz CT molecular complexity index is 193. The number of hydrogen-bond donors (Lipinski definition) is 1. The highest BCUT2D eigenvalue weighted by atomic mass is 79.9. The molecule has 0 aromatic heterocycles. The van der Waals surface area contributed by atoms with Crippen molar-refractivity contribution in [1.82, 2.24) is 0 Å². The molecule has 0 aliphatic rings. The molecule has 0 aromatic rings. The monoisotopic (exact) mass is 252 g/mol. The predicted molar refractivity (Wildman–Crippen MR) is 50.8 cm³/mol. The number of carbonyl (C=O) groups excluding carboxylic acids is 1. The van der Waals surface area contributed by atoms with Gasteiger partial charge in [-0.3, -0.25) is 9.59 Å². The summed E-state index contributed by atoms with van der Waals surface area (Å²) < 4.78 is 4.73. The first-order valence-electron chi connectivity index (χ1n) is 4.08.